The lowest BCUT2D eigenvalue weighted by molar-refractivity contribution is -0.111. The molecule has 108 valence electrons. The molecule has 0 aliphatic carbocycles. The van der Waals surface area contributed by atoms with Crippen molar-refractivity contribution in [3.05, 3.63) is 39.0 Å². The Kier molecular flexibility index (Phi) is 4.12. The van der Waals surface area contributed by atoms with Crippen molar-refractivity contribution >= 4 is 45.7 Å². The quantitative estimate of drug-likeness (QED) is 0.854. The highest BCUT2D eigenvalue weighted by Crippen LogP contribution is 2.25. The Morgan fingerprint density at radius 3 is 3.19 bits per heavy atom. The third-order valence-electron chi connectivity index (χ3n) is 2.95. The molecule has 1 aliphatic rings. The highest BCUT2D eigenvalue weighted by Gasteiger charge is 2.20. The van der Waals surface area contributed by atoms with Crippen LogP contribution in [0.1, 0.15) is 26.7 Å². The summed E-state index contributed by atoms with van der Waals surface area (Å²) in [5.41, 5.74) is 0.771. The maximum absolute atomic E-state index is 11.8. The molecule has 0 saturated heterocycles. The molecule has 21 heavy (non-hydrogen) atoms. The van der Waals surface area contributed by atoms with Crippen LogP contribution in [-0.2, 0) is 11.2 Å². The zero-order valence-corrected chi connectivity index (χ0v) is 12.7. The van der Waals surface area contributed by atoms with E-state index < -0.39 is 0 Å². The number of aryl methyl sites for hydroxylation is 1. The summed E-state index contributed by atoms with van der Waals surface area (Å²) in [5, 5.41) is 7.95. The van der Waals surface area contributed by atoms with Gasteiger partial charge in [-0.3, -0.25) is 14.9 Å². The van der Waals surface area contributed by atoms with Gasteiger partial charge in [0.15, 0.2) is 5.13 Å². The molecule has 2 amide bonds. The van der Waals surface area contributed by atoms with E-state index in [1.165, 1.54) is 17.4 Å². The molecular formula is C14H13N3O2S2. The Balaban J connectivity index is 1.69. The fourth-order valence-corrected chi connectivity index (χ4v) is 3.53. The van der Waals surface area contributed by atoms with E-state index in [1.807, 2.05) is 17.5 Å². The summed E-state index contributed by atoms with van der Waals surface area (Å²) in [6.07, 6.45) is 4.85. The molecule has 0 radical (unpaired) electrons. The van der Waals surface area contributed by atoms with Gasteiger partial charge in [-0.1, -0.05) is 17.4 Å². The standard InChI is InChI=1S/C14H13N3O2S2/c18-11(6-5-9-3-2-8-20-9)17-14-16-10-4-1-7-15-13(19)12(10)21-14/h2-3,5-6,8H,1,4,7H2,(H,15,19)(H,16,17,18)/b6-5+. The van der Waals surface area contributed by atoms with E-state index in [-0.39, 0.29) is 11.8 Å². The Morgan fingerprint density at radius 1 is 1.48 bits per heavy atom. The number of rotatable bonds is 3. The number of hydrogen-bond donors (Lipinski definition) is 2. The first-order valence-corrected chi connectivity index (χ1v) is 8.22. The Bertz CT molecular complexity index is 689. The van der Waals surface area contributed by atoms with Crippen LogP contribution >= 0.6 is 22.7 Å². The molecule has 0 saturated carbocycles. The number of anilines is 1. The van der Waals surface area contributed by atoms with Crippen LogP contribution in [0.2, 0.25) is 0 Å². The van der Waals surface area contributed by atoms with Crippen molar-refractivity contribution in [3.63, 3.8) is 0 Å². The minimum atomic E-state index is -0.243. The second kappa shape index (κ2) is 6.19. The largest absolute Gasteiger partial charge is 0.351 e. The second-order valence-electron chi connectivity index (χ2n) is 4.49. The van der Waals surface area contributed by atoms with Crippen molar-refractivity contribution in [1.82, 2.24) is 10.3 Å². The van der Waals surface area contributed by atoms with Gasteiger partial charge in [0.05, 0.1) is 5.69 Å². The van der Waals surface area contributed by atoms with Gasteiger partial charge in [-0.05, 0) is 30.4 Å². The fraction of sp³-hybridized carbons (Fsp3) is 0.214. The number of carbonyl (C=O) groups is 2. The van der Waals surface area contributed by atoms with Crippen LogP contribution in [0.4, 0.5) is 5.13 Å². The third-order valence-corrected chi connectivity index (χ3v) is 4.80. The van der Waals surface area contributed by atoms with Gasteiger partial charge in [0, 0.05) is 17.5 Å². The first-order chi connectivity index (χ1) is 10.2. The number of hydrogen-bond acceptors (Lipinski definition) is 5. The molecule has 0 aromatic carbocycles. The van der Waals surface area contributed by atoms with Crippen LogP contribution in [0, 0.1) is 0 Å². The van der Waals surface area contributed by atoms with E-state index in [0.29, 0.717) is 16.6 Å². The number of nitrogens with zero attached hydrogens (tertiary/aromatic N) is 1. The average molecular weight is 319 g/mol. The van der Waals surface area contributed by atoms with Gasteiger partial charge in [-0.25, -0.2) is 4.98 Å². The van der Waals surface area contributed by atoms with Gasteiger partial charge in [0.2, 0.25) is 5.91 Å². The number of thiazole rings is 1. The maximum Gasteiger partial charge on any atom is 0.263 e. The molecule has 2 aromatic rings. The summed E-state index contributed by atoms with van der Waals surface area (Å²) < 4.78 is 0. The van der Waals surface area contributed by atoms with Gasteiger partial charge >= 0.3 is 0 Å². The molecule has 3 rings (SSSR count). The predicted molar refractivity (Wildman–Crippen MR) is 84.8 cm³/mol. The van der Waals surface area contributed by atoms with Crippen LogP contribution < -0.4 is 10.6 Å². The number of aromatic nitrogens is 1. The van der Waals surface area contributed by atoms with Crippen molar-refractivity contribution in [2.45, 2.75) is 12.8 Å². The van der Waals surface area contributed by atoms with E-state index >= 15 is 0 Å². The van der Waals surface area contributed by atoms with Gasteiger partial charge < -0.3 is 5.32 Å². The van der Waals surface area contributed by atoms with Crippen LogP contribution in [0.3, 0.4) is 0 Å². The Morgan fingerprint density at radius 2 is 2.38 bits per heavy atom. The molecule has 0 spiro atoms. The number of fused-ring (bicyclic) bond motifs is 1. The Hall–Kier alpha value is -1.99. The summed E-state index contributed by atoms with van der Waals surface area (Å²) >= 11 is 2.79. The molecule has 2 N–H and O–H groups in total. The van der Waals surface area contributed by atoms with Crippen LogP contribution in [0.15, 0.2) is 23.6 Å². The monoisotopic (exact) mass is 319 g/mol. The van der Waals surface area contributed by atoms with Crippen LogP contribution in [-0.4, -0.2) is 23.3 Å². The van der Waals surface area contributed by atoms with E-state index in [1.54, 1.807) is 17.4 Å². The lowest BCUT2D eigenvalue weighted by Gasteiger charge is -1.97. The fourth-order valence-electron chi connectivity index (χ4n) is 1.98. The first-order valence-electron chi connectivity index (χ1n) is 6.53. The van der Waals surface area contributed by atoms with E-state index in [4.69, 9.17) is 0 Å². The van der Waals surface area contributed by atoms with Crippen molar-refractivity contribution in [1.29, 1.82) is 0 Å². The summed E-state index contributed by atoms with van der Waals surface area (Å²) in [6, 6.07) is 3.86. The Labute approximate surface area is 129 Å². The van der Waals surface area contributed by atoms with Crippen molar-refractivity contribution in [3.8, 4) is 0 Å². The van der Waals surface area contributed by atoms with E-state index in [2.05, 4.69) is 15.6 Å². The third kappa shape index (κ3) is 3.37. The van der Waals surface area contributed by atoms with Crippen molar-refractivity contribution in [2.24, 2.45) is 0 Å². The first kappa shape index (κ1) is 14.0. The molecule has 0 atom stereocenters. The molecular weight excluding hydrogens is 306 g/mol. The van der Waals surface area contributed by atoms with Crippen molar-refractivity contribution < 1.29 is 9.59 Å². The summed E-state index contributed by atoms with van der Waals surface area (Å²) in [4.78, 5) is 29.6. The minimum Gasteiger partial charge on any atom is -0.351 e. The summed E-state index contributed by atoms with van der Waals surface area (Å²) in [7, 11) is 0. The highest BCUT2D eigenvalue weighted by molar-refractivity contribution is 7.17. The lowest BCUT2D eigenvalue weighted by atomic mass is 10.2. The summed E-state index contributed by atoms with van der Waals surface area (Å²) in [5.74, 6) is -0.345. The zero-order valence-electron chi connectivity index (χ0n) is 11.1. The number of carbonyl (C=O) groups excluding carboxylic acids is 2. The lowest BCUT2D eigenvalue weighted by Crippen LogP contribution is -2.21. The van der Waals surface area contributed by atoms with Gasteiger partial charge in [0.25, 0.3) is 5.91 Å². The normalized spacial score (nSPS) is 14.6. The average Bonchev–Trinajstić information content (AvgIpc) is 3.08. The molecule has 1 aliphatic heterocycles. The second-order valence-corrected chi connectivity index (χ2v) is 6.47. The maximum atomic E-state index is 11.8. The molecule has 2 aromatic heterocycles. The molecule has 0 unspecified atom stereocenters. The SMILES string of the molecule is O=C(/C=C/c1cccs1)Nc1nc2c(s1)C(=O)NCCC2. The van der Waals surface area contributed by atoms with Crippen LogP contribution in [0.25, 0.3) is 6.08 Å². The molecule has 0 fully saturated rings. The molecule has 3 heterocycles. The number of amides is 2. The smallest absolute Gasteiger partial charge is 0.263 e. The van der Waals surface area contributed by atoms with Gasteiger partial charge in [-0.2, -0.15) is 0 Å². The minimum absolute atomic E-state index is 0.102. The molecule has 7 heteroatoms. The molecule has 5 nitrogen and oxygen atoms in total. The van der Waals surface area contributed by atoms with E-state index in [9.17, 15) is 9.59 Å². The zero-order chi connectivity index (χ0) is 14.7. The summed E-state index contributed by atoms with van der Waals surface area (Å²) in [6.45, 7) is 0.674. The van der Waals surface area contributed by atoms with Gasteiger partial charge in [0.1, 0.15) is 4.88 Å². The molecule has 0 bridgehead atoms. The van der Waals surface area contributed by atoms with Crippen LogP contribution in [0.5, 0.6) is 0 Å². The number of nitrogens with one attached hydrogen (secondary N) is 2. The van der Waals surface area contributed by atoms with Crippen molar-refractivity contribution in [2.75, 3.05) is 11.9 Å². The van der Waals surface area contributed by atoms with Gasteiger partial charge in [-0.15, -0.1) is 11.3 Å². The highest BCUT2D eigenvalue weighted by atomic mass is 32.1. The van der Waals surface area contributed by atoms with E-state index in [0.717, 1.165) is 23.4 Å². The number of thiophene rings is 1. The topological polar surface area (TPSA) is 71.1 Å². The predicted octanol–water partition coefficient (Wildman–Crippen LogP) is 2.53.